The van der Waals surface area contributed by atoms with Gasteiger partial charge in [0, 0.05) is 17.4 Å². The van der Waals surface area contributed by atoms with E-state index in [1.807, 2.05) is 6.92 Å². The average Bonchev–Trinajstić information content (AvgIpc) is 2.59. The molecule has 0 bridgehead atoms. The third-order valence-corrected chi connectivity index (χ3v) is 4.92. The second-order valence-electron chi connectivity index (χ2n) is 4.38. The Morgan fingerprint density at radius 2 is 2.11 bits per heavy atom. The molecule has 1 heterocycles. The van der Waals surface area contributed by atoms with Crippen LogP contribution in [0, 0.1) is 6.92 Å². The highest BCUT2D eigenvalue weighted by Crippen LogP contribution is 2.38. The van der Waals surface area contributed by atoms with Crippen LogP contribution in [0.15, 0.2) is 16.6 Å². The molecule has 0 saturated carbocycles. The number of halogens is 3. The Kier molecular flexibility index (Phi) is 3.90. The van der Waals surface area contributed by atoms with Crippen LogP contribution >= 0.6 is 27.5 Å². The van der Waals surface area contributed by atoms with Crippen molar-refractivity contribution in [2.24, 2.45) is 0 Å². The van der Waals surface area contributed by atoms with E-state index >= 15 is 0 Å². The monoisotopic (exact) mass is 369 g/mol. The first kappa shape index (κ1) is 14.7. The fraction of sp³-hybridized carbons (Fsp3) is 0.364. The summed E-state index contributed by atoms with van der Waals surface area (Å²) in [6, 6.07) is 3.41. The fourth-order valence-corrected chi connectivity index (χ4v) is 3.98. The van der Waals surface area contributed by atoms with Crippen molar-refractivity contribution >= 4 is 49.3 Å². The highest BCUT2D eigenvalue weighted by Gasteiger charge is 2.40. The molecule has 1 aromatic rings. The van der Waals surface area contributed by atoms with E-state index in [-0.39, 0.29) is 13.0 Å². The van der Waals surface area contributed by atoms with Crippen molar-refractivity contribution in [1.29, 1.82) is 0 Å². The van der Waals surface area contributed by atoms with Gasteiger partial charge in [0.05, 0.1) is 10.7 Å². The molecule has 19 heavy (non-hydrogen) atoms. The summed E-state index contributed by atoms with van der Waals surface area (Å²) in [5, 5.41) is -1.01. The maximum atomic E-state index is 13.0. The van der Waals surface area contributed by atoms with E-state index in [9.17, 15) is 17.1 Å². The van der Waals surface area contributed by atoms with E-state index < -0.39 is 21.4 Å². The van der Waals surface area contributed by atoms with Gasteiger partial charge in [-0.3, -0.25) is 4.79 Å². The maximum Gasteiger partial charge on any atom is 0.307 e. The van der Waals surface area contributed by atoms with Gasteiger partial charge in [0.2, 0.25) is 5.91 Å². The van der Waals surface area contributed by atoms with Crippen LogP contribution in [-0.2, 0) is 15.0 Å². The molecule has 1 aliphatic heterocycles. The normalized spacial score (nSPS) is 20.1. The minimum absolute atomic E-state index is 0.223. The molecule has 0 N–H and O–H groups in total. The topological polar surface area (TPSA) is 54.5 Å². The van der Waals surface area contributed by atoms with Crippen LogP contribution in [0.3, 0.4) is 0 Å². The van der Waals surface area contributed by atoms with Crippen LogP contribution in [-0.4, -0.2) is 26.1 Å². The largest absolute Gasteiger partial charge is 0.308 e. The first-order valence-corrected chi connectivity index (χ1v) is 8.01. The van der Waals surface area contributed by atoms with Crippen molar-refractivity contribution in [3.63, 3.8) is 0 Å². The molecule has 1 aromatic carbocycles. The molecule has 0 spiro atoms. The molecule has 4 nitrogen and oxygen atoms in total. The number of carbonyl (C=O) groups is 1. The average molecular weight is 371 g/mol. The number of anilines is 1. The lowest BCUT2D eigenvalue weighted by atomic mass is 10.2. The highest BCUT2D eigenvalue weighted by molar-refractivity contribution is 9.10. The van der Waals surface area contributed by atoms with Gasteiger partial charge < -0.3 is 4.90 Å². The number of hydrogen-bond donors (Lipinski definition) is 0. The quantitative estimate of drug-likeness (QED) is 0.752. The molecular weight excluding hydrogens is 361 g/mol. The molecule has 2 rings (SSSR count). The number of rotatable bonds is 2. The summed E-state index contributed by atoms with van der Waals surface area (Å²) in [5.74, 6) is -0.460. The standard InChI is InChI=1S/C11H10BrClFNO3S/c1-6-2-8(12)11(9(13)3-6)15-5-7(4-10(15)16)19(14,17)18/h2-3,7H,4-5H2,1H3. The van der Waals surface area contributed by atoms with Gasteiger partial charge in [0.15, 0.2) is 0 Å². The lowest BCUT2D eigenvalue weighted by molar-refractivity contribution is -0.117. The predicted octanol–water partition coefficient (Wildman–Crippen LogP) is 2.82. The number of carbonyl (C=O) groups excluding carboxylic acids is 1. The molecule has 1 unspecified atom stereocenters. The van der Waals surface area contributed by atoms with Crippen LogP contribution in [0.25, 0.3) is 0 Å². The summed E-state index contributed by atoms with van der Waals surface area (Å²) < 4.78 is 35.3. The van der Waals surface area contributed by atoms with Gasteiger partial charge in [-0.15, -0.1) is 3.89 Å². The van der Waals surface area contributed by atoms with Gasteiger partial charge >= 0.3 is 10.2 Å². The fourth-order valence-electron chi connectivity index (χ4n) is 2.03. The zero-order chi connectivity index (χ0) is 14.4. The van der Waals surface area contributed by atoms with Crippen molar-refractivity contribution in [3.05, 3.63) is 27.2 Å². The molecule has 0 aliphatic carbocycles. The van der Waals surface area contributed by atoms with Crippen molar-refractivity contribution in [3.8, 4) is 0 Å². The first-order chi connectivity index (χ1) is 8.70. The minimum atomic E-state index is -4.73. The lowest BCUT2D eigenvalue weighted by Crippen LogP contribution is -2.27. The van der Waals surface area contributed by atoms with Gasteiger partial charge in [-0.25, -0.2) is 0 Å². The predicted molar refractivity (Wildman–Crippen MR) is 74.7 cm³/mol. The van der Waals surface area contributed by atoms with Gasteiger partial charge in [-0.2, -0.15) is 8.42 Å². The van der Waals surface area contributed by atoms with Crippen LogP contribution in [0.4, 0.5) is 9.57 Å². The number of hydrogen-bond acceptors (Lipinski definition) is 3. The van der Waals surface area contributed by atoms with Gasteiger partial charge in [0.25, 0.3) is 0 Å². The molecule has 0 aromatic heterocycles. The number of aryl methyl sites for hydroxylation is 1. The molecule has 8 heteroatoms. The van der Waals surface area contributed by atoms with E-state index in [1.165, 1.54) is 4.90 Å². The Balaban J connectivity index is 2.42. The summed E-state index contributed by atoms with van der Waals surface area (Å²) in [5.41, 5.74) is 1.27. The highest BCUT2D eigenvalue weighted by atomic mass is 79.9. The lowest BCUT2D eigenvalue weighted by Gasteiger charge is -2.19. The van der Waals surface area contributed by atoms with E-state index in [2.05, 4.69) is 15.9 Å². The zero-order valence-electron chi connectivity index (χ0n) is 9.86. The van der Waals surface area contributed by atoms with Crippen molar-refractivity contribution in [2.75, 3.05) is 11.4 Å². The molecule has 1 amide bonds. The Hall–Kier alpha value is -0.660. The van der Waals surface area contributed by atoms with Crippen LogP contribution in [0.1, 0.15) is 12.0 Å². The summed E-state index contributed by atoms with van der Waals surface area (Å²) >= 11 is 9.36. The molecule has 1 fully saturated rings. The van der Waals surface area contributed by atoms with Crippen LogP contribution in [0.2, 0.25) is 5.02 Å². The number of nitrogens with zero attached hydrogens (tertiary/aromatic N) is 1. The Morgan fingerprint density at radius 1 is 1.47 bits per heavy atom. The number of amides is 1. The van der Waals surface area contributed by atoms with E-state index in [0.29, 0.717) is 15.2 Å². The van der Waals surface area contributed by atoms with E-state index in [4.69, 9.17) is 11.6 Å². The zero-order valence-corrected chi connectivity index (χ0v) is 13.0. The van der Waals surface area contributed by atoms with Crippen molar-refractivity contribution in [2.45, 2.75) is 18.6 Å². The molecule has 1 saturated heterocycles. The Bertz CT molecular complexity index is 626. The second kappa shape index (κ2) is 5.03. The van der Waals surface area contributed by atoms with Gasteiger partial charge in [-0.05, 0) is 40.5 Å². The molecular formula is C11H10BrClFNO3S. The van der Waals surface area contributed by atoms with Gasteiger partial charge in [0.1, 0.15) is 5.25 Å². The molecule has 104 valence electrons. The third-order valence-electron chi connectivity index (χ3n) is 2.92. The minimum Gasteiger partial charge on any atom is -0.308 e. The SMILES string of the molecule is Cc1cc(Cl)c(N2CC(S(=O)(=O)F)CC2=O)c(Br)c1. The van der Waals surface area contributed by atoms with Gasteiger partial charge in [-0.1, -0.05) is 11.6 Å². The third kappa shape index (κ3) is 2.93. The van der Waals surface area contributed by atoms with Crippen molar-refractivity contribution < 1.29 is 17.1 Å². The summed E-state index contributed by atoms with van der Waals surface area (Å²) in [7, 11) is -4.73. The molecule has 1 aliphatic rings. The first-order valence-electron chi connectivity index (χ1n) is 5.39. The van der Waals surface area contributed by atoms with E-state index in [1.54, 1.807) is 12.1 Å². The molecule has 0 radical (unpaired) electrons. The summed E-state index contributed by atoms with van der Waals surface area (Å²) in [6.07, 6.45) is -0.366. The Morgan fingerprint density at radius 3 is 2.58 bits per heavy atom. The van der Waals surface area contributed by atoms with E-state index in [0.717, 1.165) is 5.56 Å². The smallest absolute Gasteiger partial charge is 0.307 e. The summed E-state index contributed by atoms with van der Waals surface area (Å²) in [4.78, 5) is 13.0. The molecule has 1 atom stereocenters. The maximum absolute atomic E-state index is 13.0. The van der Waals surface area contributed by atoms with Crippen LogP contribution < -0.4 is 4.90 Å². The summed E-state index contributed by atoms with van der Waals surface area (Å²) in [6.45, 7) is 1.61. The second-order valence-corrected chi connectivity index (χ2v) is 7.26. The van der Waals surface area contributed by atoms with Crippen molar-refractivity contribution in [1.82, 2.24) is 0 Å². The Labute approximate surface area is 123 Å². The van der Waals surface area contributed by atoms with Crippen LogP contribution in [0.5, 0.6) is 0 Å². The number of benzene rings is 1.